The minimum absolute atomic E-state index is 0.0880. The Hall–Kier alpha value is -2.30. The molecule has 0 amide bonds. The summed E-state index contributed by atoms with van der Waals surface area (Å²) in [5.74, 6) is -0.892. The molecule has 3 N–H and O–H groups in total. The smallest absolute Gasteiger partial charge is 0.323 e. The summed E-state index contributed by atoms with van der Waals surface area (Å²) in [6.45, 7) is -0.0880. The van der Waals surface area contributed by atoms with E-state index in [2.05, 4.69) is 4.98 Å². The Bertz CT molecular complexity index is 519. The lowest BCUT2D eigenvalue weighted by atomic mass is 10.1. The molecule has 1 aromatic heterocycles. The number of anilines is 1. The third-order valence-electron chi connectivity index (χ3n) is 2.13. The van der Waals surface area contributed by atoms with Gasteiger partial charge >= 0.3 is 5.97 Å². The fourth-order valence-electron chi connectivity index (χ4n) is 1.45. The van der Waals surface area contributed by atoms with E-state index in [0.29, 0.717) is 11.4 Å². The average Bonchev–Trinajstić information content (AvgIpc) is 2.65. The van der Waals surface area contributed by atoms with E-state index >= 15 is 0 Å². The summed E-state index contributed by atoms with van der Waals surface area (Å²) < 4.78 is 1.51. The number of aromatic nitrogens is 2. The maximum Gasteiger partial charge on any atom is 0.323 e. The van der Waals surface area contributed by atoms with Crippen LogP contribution in [0.3, 0.4) is 0 Å². The first-order chi connectivity index (χ1) is 7.65. The molecule has 0 saturated carbocycles. The Balaban J connectivity index is 2.28. The number of hydrogen-bond donors (Lipinski definition) is 2. The zero-order chi connectivity index (χ0) is 11.5. The number of carbonyl (C=O) groups is 1. The van der Waals surface area contributed by atoms with Crippen molar-refractivity contribution in [1.29, 1.82) is 0 Å². The average molecular weight is 217 g/mol. The Labute approximate surface area is 92.2 Å². The van der Waals surface area contributed by atoms with Crippen LogP contribution in [-0.4, -0.2) is 20.6 Å². The number of imidazole rings is 1. The monoisotopic (exact) mass is 217 g/mol. The molecule has 1 heterocycles. The van der Waals surface area contributed by atoms with E-state index in [0.717, 1.165) is 5.56 Å². The fraction of sp³-hybridized carbons (Fsp3) is 0.0909. The van der Waals surface area contributed by atoms with E-state index in [1.165, 1.54) is 10.9 Å². The molecule has 82 valence electrons. The Morgan fingerprint density at radius 1 is 1.50 bits per heavy atom. The number of benzene rings is 1. The molecule has 0 aliphatic heterocycles. The van der Waals surface area contributed by atoms with Crippen LogP contribution in [-0.2, 0) is 11.3 Å². The molecule has 0 bridgehead atoms. The van der Waals surface area contributed by atoms with Crippen molar-refractivity contribution in [1.82, 2.24) is 9.55 Å². The van der Waals surface area contributed by atoms with E-state index in [-0.39, 0.29) is 6.54 Å². The molecule has 1 aromatic carbocycles. The van der Waals surface area contributed by atoms with Crippen molar-refractivity contribution in [3.05, 3.63) is 36.8 Å². The second-order valence-corrected chi connectivity index (χ2v) is 3.45. The molecule has 2 aromatic rings. The highest BCUT2D eigenvalue weighted by Crippen LogP contribution is 2.19. The number of carboxylic acids is 1. The molecule has 0 spiro atoms. The second-order valence-electron chi connectivity index (χ2n) is 3.45. The number of nitrogens with two attached hydrogens (primary N) is 1. The summed E-state index contributed by atoms with van der Waals surface area (Å²) in [5.41, 5.74) is 7.91. The van der Waals surface area contributed by atoms with Crippen molar-refractivity contribution in [3.8, 4) is 11.3 Å². The number of hydrogen-bond acceptors (Lipinski definition) is 3. The van der Waals surface area contributed by atoms with Gasteiger partial charge in [0.05, 0.1) is 12.0 Å². The molecule has 5 nitrogen and oxygen atoms in total. The van der Waals surface area contributed by atoms with Crippen LogP contribution in [0.4, 0.5) is 5.69 Å². The zero-order valence-corrected chi connectivity index (χ0v) is 8.50. The lowest BCUT2D eigenvalue weighted by Gasteiger charge is -1.98. The topological polar surface area (TPSA) is 81.1 Å². The molecule has 0 saturated heterocycles. The number of carboxylic acid groups (broad SMARTS) is 1. The predicted molar refractivity (Wildman–Crippen MR) is 59.7 cm³/mol. The van der Waals surface area contributed by atoms with Gasteiger partial charge in [-0.25, -0.2) is 4.98 Å². The zero-order valence-electron chi connectivity index (χ0n) is 8.50. The molecule has 2 rings (SSSR count). The highest BCUT2D eigenvalue weighted by molar-refractivity contribution is 5.67. The first-order valence-electron chi connectivity index (χ1n) is 4.74. The van der Waals surface area contributed by atoms with E-state index in [1.807, 2.05) is 12.1 Å². The van der Waals surface area contributed by atoms with Gasteiger partial charge in [-0.1, -0.05) is 12.1 Å². The quantitative estimate of drug-likeness (QED) is 0.757. The summed E-state index contributed by atoms with van der Waals surface area (Å²) in [4.78, 5) is 14.6. The van der Waals surface area contributed by atoms with Crippen LogP contribution < -0.4 is 5.73 Å². The van der Waals surface area contributed by atoms with Crippen LogP contribution in [0, 0.1) is 0 Å². The lowest BCUT2D eigenvalue weighted by Crippen LogP contribution is -2.06. The molecule has 16 heavy (non-hydrogen) atoms. The lowest BCUT2D eigenvalue weighted by molar-refractivity contribution is -0.137. The molecule has 0 fully saturated rings. The van der Waals surface area contributed by atoms with Crippen LogP contribution >= 0.6 is 0 Å². The Morgan fingerprint density at radius 3 is 3.00 bits per heavy atom. The molecule has 0 unspecified atom stereocenters. The number of nitrogen functional groups attached to an aromatic ring is 1. The van der Waals surface area contributed by atoms with E-state index in [9.17, 15) is 4.79 Å². The molecular formula is C11H11N3O2. The van der Waals surface area contributed by atoms with Gasteiger partial charge in [-0.05, 0) is 12.1 Å². The van der Waals surface area contributed by atoms with Crippen LogP contribution in [0.5, 0.6) is 0 Å². The Kier molecular flexibility index (Phi) is 2.59. The van der Waals surface area contributed by atoms with Crippen molar-refractivity contribution >= 4 is 11.7 Å². The highest BCUT2D eigenvalue weighted by atomic mass is 16.4. The predicted octanol–water partition coefficient (Wildman–Crippen LogP) is 1.22. The molecular weight excluding hydrogens is 206 g/mol. The minimum atomic E-state index is -0.892. The van der Waals surface area contributed by atoms with Gasteiger partial charge in [0, 0.05) is 17.4 Å². The van der Waals surface area contributed by atoms with E-state index in [4.69, 9.17) is 10.8 Å². The van der Waals surface area contributed by atoms with Crippen molar-refractivity contribution in [2.45, 2.75) is 6.54 Å². The standard InChI is InChI=1S/C11H11N3O2/c12-9-3-1-2-8(4-9)10-5-14(7-13-10)6-11(15)16/h1-5,7H,6,12H2,(H,15,16). The maximum atomic E-state index is 10.5. The summed E-state index contributed by atoms with van der Waals surface area (Å²) in [7, 11) is 0. The van der Waals surface area contributed by atoms with Gasteiger partial charge in [-0.3, -0.25) is 4.79 Å². The van der Waals surface area contributed by atoms with Crippen LogP contribution in [0.2, 0.25) is 0 Å². The van der Waals surface area contributed by atoms with Gasteiger partial charge in [0.15, 0.2) is 0 Å². The third kappa shape index (κ3) is 2.20. The van der Waals surface area contributed by atoms with Gasteiger partial charge in [0.1, 0.15) is 6.54 Å². The molecule has 0 aliphatic carbocycles. The highest BCUT2D eigenvalue weighted by Gasteiger charge is 2.04. The SMILES string of the molecule is Nc1cccc(-c2cn(CC(=O)O)cn2)c1. The van der Waals surface area contributed by atoms with Crippen LogP contribution in [0.15, 0.2) is 36.8 Å². The summed E-state index contributed by atoms with van der Waals surface area (Å²) >= 11 is 0. The molecule has 0 aliphatic rings. The van der Waals surface area contributed by atoms with E-state index in [1.54, 1.807) is 18.3 Å². The molecule has 0 atom stereocenters. The fourth-order valence-corrected chi connectivity index (χ4v) is 1.45. The van der Waals surface area contributed by atoms with Crippen molar-refractivity contribution in [2.24, 2.45) is 0 Å². The van der Waals surface area contributed by atoms with Gasteiger partial charge in [-0.2, -0.15) is 0 Å². The summed E-state index contributed by atoms with van der Waals surface area (Å²) in [5, 5.41) is 8.62. The number of rotatable bonds is 3. The van der Waals surface area contributed by atoms with Crippen LogP contribution in [0.1, 0.15) is 0 Å². The van der Waals surface area contributed by atoms with Gasteiger partial charge in [-0.15, -0.1) is 0 Å². The second kappa shape index (κ2) is 4.06. The van der Waals surface area contributed by atoms with Gasteiger partial charge < -0.3 is 15.4 Å². The minimum Gasteiger partial charge on any atom is -0.480 e. The summed E-state index contributed by atoms with van der Waals surface area (Å²) in [6, 6.07) is 7.30. The molecule has 0 radical (unpaired) electrons. The van der Waals surface area contributed by atoms with Gasteiger partial charge in [0.2, 0.25) is 0 Å². The normalized spacial score (nSPS) is 10.2. The van der Waals surface area contributed by atoms with Crippen molar-refractivity contribution in [2.75, 3.05) is 5.73 Å². The van der Waals surface area contributed by atoms with Crippen LogP contribution in [0.25, 0.3) is 11.3 Å². The largest absolute Gasteiger partial charge is 0.480 e. The first-order valence-corrected chi connectivity index (χ1v) is 4.74. The maximum absolute atomic E-state index is 10.5. The first kappa shape index (κ1) is 10.2. The number of nitrogens with zero attached hydrogens (tertiary/aromatic N) is 2. The van der Waals surface area contributed by atoms with Gasteiger partial charge in [0.25, 0.3) is 0 Å². The van der Waals surface area contributed by atoms with Crippen molar-refractivity contribution < 1.29 is 9.90 Å². The van der Waals surface area contributed by atoms with Crippen molar-refractivity contribution in [3.63, 3.8) is 0 Å². The molecule has 5 heteroatoms. The third-order valence-corrected chi connectivity index (χ3v) is 2.13. The Morgan fingerprint density at radius 2 is 2.31 bits per heavy atom. The summed E-state index contributed by atoms with van der Waals surface area (Å²) in [6.07, 6.45) is 3.18. The number of aliphatic carboxylic acids is 1. The van der Waals surface area contributed by atoms with E-state index < -0.39 is 5.97 Å².